The van der Waals surface area contributed by atoms with Crippen molar-refractivity contribution >= 4 is 0 Å². The Balaban J connectivity index is 0.000000335. The minimum absolute atomic E-state index is 0.0359. The molecule has 12 nitrogen and oxygen atoms in total. The molecule has 4 aliphatic carbocycles. The van der Waals surface area contributed by atoms with Gasteiger partial charge in [-0.3, -0.25) is 0 Å². The van der Waals surface area contributed by atoms with Crippen LogP contribution in [0.2, 0.25) is 0 Å². The van der Waals surface area contributed by atoms with Crippen LogP contribution in [0.3, 0.4) is 0 Å². The fraction of sp³-hybridized carbons (Fsp3) is 0.956. The van der Waals surface area contributed by atoms with E-state index in [0.717, 1.165) is 48.3 Å². The molecule has 0 aromatic rings. The second-order valence-electron chi connectivity index (χ2n) is 17.4. The zero-order valence-corrected chi connectivity index (χ0v) is 36.7. The predicted octanol–water partition coefficient (Wildman–Crippen LogP) is 5.45. The zero-order chi connectivity index (χ0) is 41.8. The molecule has 0 aromatic carbocycles. The van der Waals surface area contributed by atoms with E-state index in [1.54, 1.807) is 5.57 Å². The standard InChI is InChI=1S/C27H46O.C12H26O7.C6H14O4/c1-18(2)7-6-8-19(3)23-11-12-24-22-10-9-20-17-21(28)13-15-26(20,4)25(22)14-16-27(23,24)5;13-1-3-15-5-7-17-9-11-19-12-10-18-8-6-16-4-2-14;7-1-3-9-5-6-10-4-2-8/h9,18-19,21-25,28H,6-8,10-17H2,1-5H3;13-14H,1-12H2;7-8H,1-6H2/t19-,21+,22+,23-,24+,25+,26+,27-;;/m1../s1. The lowest BCUT2D eigenvalue weighted by Crippen LogP contribution is -2.50. The molecule has 4 rings (SSSR count). The van der Waals surface area contributed by atoms with Crippen LogP contribution in [0.25, 0.3) is 0 Å². The van der Waals surface area contributed by atoms with E-state index in [0.29, 0.717) is 103 Å². The van der Waals surface area contributed by atoms with Gasteiger partial charge < -0.3 is 58.7 Å². The second-order valence-corrected chi connectivity index (χ2v) is 17.4. The van der Waals surface area contributed by atoms with Crippen LogP contribution in [0.5, 0.6) is 0 Å². The van der Waals surface area contributed by atoms with Gasteiger partial charge in [-0.2, -0.15) is 0 Å². The molecule has 0 aliphatic heterocycles. The molecule has 0 amide bonds. The Morgan fingerprint density at radius 1 is 0.579 bits per heavy atom. The van der Waals surface area contributed by atoms with Gasteiger partial charge in [0.15, 0.2) is 0 Å². The van der Waals surface area contributed by atoms with Gasteiger partial charge in [0.1, 0.15) is 0 Å². The van der Waals surface area contributed by atoms with Crippen LogP contribution in [-0.4, -0.2) is 151 Å². The van der Waals surface area contributed by atoms with E-state index in [-0.39, 0.29) is 32.5 Å². The van der Waals surface area contributed by atoms with Crippen molar-refractivity contribution in [3.05, 3.63) is 11.6 Å². The number of hydrogen-bond acceptors (Lipinski definition) is 12. The molecule has 57 heavy (non-hydrogen) atoms. The molecule has 0 aromatic heterocycles. The Bertz CT molecular complexity index is 975. The Morgan fingerprint density at radius 3 is 1.47 bits per heavy atom. The lowest BCUT2D eigenvalue weighted by atomic mass is 9.47. The number of fused-ring (bicyclic) bond motifs is 5. The van der Waals surface area contributed by atoms with Crippen LogP contribution >= 0.6 is 0 Å². The molecular formula is C45H86O12. The summed E-state index contributed by atoms with van der Waals surface area (Å²) in [4.78, 5) is 0. The molecule has 0 heterocycles. The summed E-state index contributed by atoms with van der Waals surface area (Å²) >= 11 is 0. The topological polar surface area (TPSA) is 166 Å². The van der Waals surface area contributed by atoms with Crippen LogP contribution in [-0.2, 0) is 33.2 Å². The molecule has 4 aliphatic rings. The average molecular weight is 819 g/mol. The largest absolute Gasteiger partial charge is 0.394 e. The highest BCUT2D eigenvalue weighted by Crippen LogP contribution is 2.67. The zero-order valence-electron chi connectivity index (χ0n) is 36.7. The molecule has 0 unspecified atom stereocenters. The van der Waals surface area contributed by atoms with Gasteiger partial charge in [0, 0.05) is 0 Å². The summed E-state index contributed by atoms with van der Waals surface area (Å²) in [5.74, 6) is 5.46. The van der Waals surface area contributed by atoms with Gasteiger partial charge in [-0.05, 0) is 97.7 Å². The highest BCUT2D eigenvalue weighted by atomic mass is 16.6. The molecule has 12 heteroatoms. The summed E-state index contributed by atoms with van der Waals surface area (Å²) in [7, 11) is 0. The van der Waals surface area contributed by atoms with Gasteiger partial charge in [0.2, 0.25) is 0 Å². The van der Waals surface area contributed by atoms with Crippen molar-refractivity contribution in [2.24, 2.45) is 46.3 Å². The van der Waals surface area contributed by atoms with Crippen LogP contribution < -0.4 is 0 Å². The number of rotatable bonds is 28. The number of hydrogen-bond donors (Lipinski definition) is 5. The summed E-state index contributed by atoms with van der Waals surface area (Å²) in [5, 5.41) is 43.6. The molecule has 5 N–H and O–H groups in total. The van der Waals surface area contributed by atoms with Crippen molar-refractivity contribution in [2.75, 3.05) is 119 Å². The van der Waals surface area contributed by atoms with Crippen molar-refractivity contribution < 1.29 is 58.7 Å². The lowest BCUT2D eigenvalue weighted by Gasteiger charge is -2.58. The first-order valence-electron chi connectivity index (χ1n) is 22.4. The number of ether oxygens (including phenoxy) is 7. The van der Waals surface area contributed by atoms with Crippen LogP contribution in [0, 0.1) is 46.3 Å². The van der Waals surface area contributed by atoms with Crippen molar-refractivity contribution in [3.63, 3.8) is 0 Å². The van der Waals surface area contributed by atoms with Gasteiger partial charge >= 0.3 is 0 Å². The van der Waals surface area contributed by atoms with Crippen LogP contribution in [0.4, 0.5) is 0 Å². The second kappa shape index (κ2) is 31.2. The molecule has 0 bridgehead atoms. The summed E-state index contributed by atoms with van der Waals surface area (Å²) in [6, 6.07) is 0. The van der Waals surface area contributed by atoms with E-state index in [4.69, 9.17) is 53.6 Å². The third-order valence-electron chi connectivity index (χ3n) is 13.1. The van der Waals surface area contributed by atoms with Gasteiger partial charge in [0.05, 0.1) is 125 Å². The molecule has 338 valence electrons. The van der Waals surface area contributed by atoms with Crippen molar-refractivity contribution in [1.29, 1.82) is 0 Å². The third-order valence-corrected chi connectivity index (χ3v) is 13.1. The first-order chi connectivity index (χ1) is 27.6. The highest BCUT2D eigenvalue weighted by Gasteiger charge is 2.59. The maximum absolute atomic E-state index is 10.2. The van der Waals surface area contributed by atoms with E-state index in [2.05, 4.69) is 40.7 Å². The first-order valence-corrected chi connectivity index (χ1v) is 22.4. The summed E-state index contributed by atoms with van der Waals surface area (Å²) in [6.07, 6.45) is 17.2. The minimum Gasteiger partial charge on any atom is -0.394 e. The SMILES string of the molecule is CC(C)CCC[C@@H](C)[C@H]1CC[C@H]2[C@@H]3CC=C4C[C@@H](O)CC[C@]4(C)[C@H]3CC[C@]12C.OCCOCCOCCO.OCCOCCOCCOCCOCCOCCO. The number of aliphatic hydroxyl groups is 5. The maximum Gasteiger partial charge on any atom is 0.0701 e. The Kier molecular flexibility index (Phi) is 28.6. The van der Waals surface area contributed by atoms with Crippen LogP contribution in [0.1, 0.15) is 105 Å². The van der Waals surface area contributed by atoms with Crippen LogP contribution in [0.15, 0.2) is 11.6 Å². The summed E-state index contributed by atoms with van der Waals surface area (Å²) in [6.45, 7) is 19.1. The Hall–Kier alpha value is -0.740. The molecular weight excluding hydrogens is 732 g/mol. The quantitative estimate of drug-likeness (QED) is 0.0502. The molecule has 0 spiro atoms. The van der Waals surface area contributed by atoms with Crippen molar-refractivity contribution in [3.8, 4) is 0 Å². The fourth-order valence-corrected chi connectivity index (χ4v) is 10.2. The first kappa shape index (κ1) is 52.4. The van der Waals surface area contributed by atoms with E-state index >= 15 is 0 Å². The van der Waals surface area contributed by atoms with Gasteiger partial charge in [-0.15, -0.1) is 0 Å². The highest BCUT2D eigenvalue weighted by molar-refractivity contribution is 5.25. The number of aliphatic hydroxyl groups excluding tert-OH is 5. The summed E-state index contributed by atoms with van der Waals surface area (Å²) in [5.41, 5.74) is 2.60. The fourth-order valence-electron chi connectivity index (χ4n) is 10.2. The average Bonchev–Trinajstić information content (AvgIpc) is 3.56. The Morgan fingerprint density at radius 2 is 1.04 bits per heavy atom. The minimum atomic E-state index is -0.0766. The van der Waals surface area contributed by atoms with Gasteiger partial charge in [-0.1, -0.05) is 65.5 Å². The van der Waals surface area contributed by atoms with Crippen molar-refractivity contribution in [2.45, 2.75) is 111 Å². The normalized spacial score (nSPS) is 28.3. The maximum atomic E-state index is 10.2. The van der Waals surface area contributed by atoms with E-state index < -0.39 is 0 Å². The Labute approximate surface area is 346 Å². The monoisotopic (exact) mass is 819 g/mol. The molecule has 0 saturated heterocycles. The predicted molar refractivity (Wildman–Crippen MR) is 223 cm³/mol. The lowest BCUT2D eigenvalue weighted by molar-refractivity contribution is -0.0573. The smallest absolute Gasteiger partial charge is 0.0701 e. The summed E-state index contributed by atoms with van der Waals surface area (Å²) < 4.78 is 35.5. The molecule has 3 fully saturated rings. The van der Waals surface area contributed by atoms with Gasteiger partial charge in [0.25, 0.3) is 0 Å². The third kappa shape index (κ3) is 19.2. The molecule has 8 atom stereocenters. The van der Waals surface area contributed by atoms with E-state index in [9.17, 15) is 5.11 Å². The van der Waals surface area contributed by atoms with E-state index in [1.807, 2.05) is 0 Å². The molecule has 0 radical (unpaired) electrons. The molecule has 3 saturated carbocycles. The van der Waals surface area contributed by atoms with Crippen molar-refractivity contribution in [1.82, 2.24) is 0 Å². The van der Waals surface area contributed by atoms with Gasteiger partial charge in [-0.25, -0.2) is 0 Å². The van der Waals surface area contributed by atoms with E-state index in [1.165, 1.54) is 57.8 Å². The number of allylic oxidation sites excluding steroid dienone is 1.